The normalized spacial score (nSPS) is 18.0. The number of benzene rings is 1. The molecule has 0 spiro atoms. The number of carbonyl (C=O) groups is 1. The second kappa shape index (κ2) is 8.69. The van der Waals surface area contributed by atoms with Gasteiger partial charge in [-0.2, -0.15) is 0 Å². The van der Waals surface area contributed by atoms with Crippen molar-refractivity contribution < 1.29 is 18.8 Å². The van der Waals surface area contributed by atoms with Crippen LogP contribution in [0, 0.1) is 6.92 Å². The fourth-order valence-electron chi connectivity index (χ4n) is 2.74. The number of thiazole rings is 1. The molecule has 0 bridgehead atoms. The summed E-state index contributed by atoms with van der Waals surface area (Å²) < 4.78 is 17.6. The molecule has 154 valence electrons. The van der Waals surface area contributed by atoms with E-state index in [4.69, 9.17) is 14.0 Å². The van der Waals surface area contributed by atoms with Gasteiger partial charge in [0.05, 0.1) is 11.2 Å². The first-order chi connectivity index (χ1) is 13.7. The molecule has 1 aromatic carbocycles. The van der Waals surface area contributed by atoms with Gasteiger partial charge in [0, 0.05) is 17.6 Å². The lowest BCUT2D eigenvalue weighted by molar-refractivity contribution is 0.00578. The van der Waals surface area contributed by atoms with Crippen LogP contribution in [0.3, 0.4) is 0 Å². The summed E-state index contributed by atoms with van der Waals surface area (Å²) >= 11 is 1.57. The Hall–Kier alpha value is -2.16. The smallest absolute Gasteiger partial charge is 0.445 e. The highest BCUT2D eigenvalue weighted by molar-refractivity contribution is 7.12. The van der Waals surface area contributed by atoms with E-state index in [0.29, 0.717) is 0 Å². The minimum Gasteiger partial charge on any atom is -0.445 e. The van der Waals surface area contributed by atoms with Crippen LogP contribution in [0.2, 0.25) is 0 Å². The number of nitrogens with one attached hydrogen (secondary N) is 1. The number of rotatable bonds is 6. The summed E-state index contributed by atoms with van der Waals surface area (Å²) in [6.45, 7) is 10.5. The van der Waals surface area contributed by atoms with Gasteiger partial charge in [0.25, 0.3) is 0 Å². The molecule has 3 rings (SSSR count). The minimum absolute atomic E-state index is 0.216. The van der Waals surface area contributed by atoms with Gasteiger partial charge in [-0.1, -0.05) is 30.3 Å². The number of ether oxygens (including phenoxy) is 1. The van der Waals surface area contributed by atoms with Crippen LogP contribution in [0.15, 0.2) is 42.0 Å². The minimum atomic E-state index is -0.571. The molecule has 0 unspecified atom stereocenters. The van der Waals surface area contributed by atoms with Crippen molar-refractivity contribution in [2.24, 2.45) is 0 Å². The summed E-state index contributed by atoms with van der Waals surface area (Å²) in [5, 5.41) is 3.64. The highest BCUT2D eigenvalue weighted by Gasteiger charge is 2.52. The number of amides is 1. The number of alkyl carbamates (subject to hydrolysis) is 1. The summed E-state index contributed by atoms with van der Waals surface area (Å²) in [6, 6.07) is 9.56. The first kappa shape index (κ1) is 21.6. The zero-order valence-electron chi connectivity index (χ0n) is 17.5. The highest BCUT2D eigenvalue weighted by atomic mass is 32.1. The number of hydrogen-bond donors (Lipinski definition) is 1. The Morgan fingerprint density at radius 1 is 1.21 bits per heavy atom. The number of aryl methyl sites for hydroxylation is 1. The number of nitrogens with zero attached hydrogens (tertiary/aromatic N) is 1. The average molecular weight is 414 g/mol. The first-order valence-electron chi connectivity index (χ1n) is 9.59. The fraction of sp³-hybridized carbons (Fsp3) is 0.429. The maximum atomic E-state index is 12.2. The molecule has 0 saturated carbocycles. The molecule has 2 aromatic rings. The lowest BCUT2D eigenvalue weighted by Gasteiger charge is -2.32. The van der Waals surface area contributed by atoms with Crippen molar-refractivity contribution in [1.82, 2.24) is 10.3 Å². The van der Waals surface area contributed by atoms with Gasteiger partial charge in [-0.15, -0.1) is 11.3 Å². The largest absolute Gasteiger partial charge is 0.492 e. The Kier molecular flexibility index (Phi) is 6.46. The van der Waals surface area contributed by atoms with Crippen molar-refractivity contribution in [1.29, 1.82) is 0 Å². The summed E-state index contributed by atoms with van der Waals surface area (Å²) in [5.74, 6) is 0. The third-order valence-electron chi connectivity index (χ3n) is 5.15. The molecule has 2 heterocycles. The van der Waals surface area contributed by atoms with Crippen LogP contribution in [-0.2, 0) is 20.7 Å². The molecule has 1 fully saturated rings. The molecule has 1 aromatic heterocycles. The van der Waals surface area contributed by atoms with E-state index < -0.39 is 24.4 Å². The van der Waals surface area contributed by atoms with Crippen molar-refractivity contribution >= 4 is 30.6 Å². The molecule has 0 atom stereocenters. The van der Waals surface area contributed by atoms with E-state index in [0.717, 1.165) is 20.9 Å². The van der Waals surface area contributed by atoms with Gasteiger partial charge in [-0.05, 0) is 51.7 Å². The van der Waals surface area contributed by atoms with Crippen LogP contribution in [0.1, 0.15) is 43.1 Å². The van der Waals surface area contributed by atoms with E-state index in [1.54, 1.807) is 11.3 Å². The SMILES string of the molecule is Cc1cnc(C=C(CNC(=O)OCc2ccccc2)B2OC(C)(C)C(C)(C)O2)s1. The molecule has 8 heteroatoms. The van der Waals surface area contributed by atoms with Crippen molar-refractivity contribution in [2.75, 3.05) is 6.54 Å². The van der Waals surface area contributed by atoms with Gasteiger partial charge < -0.3 is 19.4 Å². The lowest BCUT2D eigenvalue weighted by Crippen LogP contribution is -2.41. The van der Waals surface area contributed by atoms with Crippen molar-refractivity contribution in [2.45, 2.75) is 52.4 Å². The predicted octanol–water partition coefficient (Wildman–Crippen LogP) is 4.39. The number of hydrogen-bond acceptors (Lipinski definition) is 6. The van der Waals surface area contributed by atoms with E-state index in [9.17, 15) is 4.79 Å². The van der Waals surface area contributed by atoms with Crippen LogP contribution >= 0.6 is 11.3 Å². The Labute approximate surface area is 176 Å². The lowest BCUT2D eigenvalue weighted by atomic mass is 9.77. The second-order valence-corrected chi connectivity index (χ2v) is 9.30. The van der Waals surface area contributed by atoms with Gasteiger partial charge in [0.15, 0.2) is 0 Å². The molecule has 1 N–H and O–H groups in total. The standard InChI is InChI=1S/C21H27BN2O4S/c1-15-12-23-18(29-15)11-17(22-27-20(2,3)21(4,5)28-22)13-24-19(25)26-14-16-9-7-6-8-10-16/h6-12H,13-14H2,1-5H3,(H,24,25). The highest BCUT2D eigenvalue weighted by Crippen LogP contribution is 2.38. The maximum Gasteiger partial charge on any atom is 0.492 e. The van der Waals surface area contributed by atoms with Crippen molar-refractivity contribution in [3.63, 3.8) is 0 Å². The van der Waals surface area contributed by atoms with Crippen LogP contribution in [0.5, 0.6) is 0 Å². The molecule has 1 aliphatic rings. The molecule has 29 heavy (non-hydrogen) atoms. The summed E-state index contributed by atoms with van der Waals surface area (Å²) in [6.07, 6.45) is 3.24. The number of aromatic nitrogens is 1. The van der Waals surface area contributed by atoms with E-state index in [-0.39, 0.29) is 13.2 Å². The fourth-order valence-corrected chi connectivity index (χ4v) is 3.49. The monoisotopic (exact) mass is 414 g/mol. The van der Waals surface area contributed by atoms with E-state index in [1.807, 2.05) is 77.2 Å². The quantitative estimate of drug-likeness (QED) is 0.710. The van der Waals surface area contributed by atoms with E-state index in [2.05, 4.69) is 10.3 Å². The summed E-state index contributed by atoms with van der Waals surface area (Å²) in [5.41, 5.74) is 0.782. The van der Waals surface area contributed by atoms with Crippen molar-refractivity contribution in [3.05, 3.63) is 57.4 Å². The predicted molar refractivity (Wildman–Crippen MR) is 116 cm³/mol. The van der Waals surface area contributed by atoms with Gasteiger partial charge >= 0.3 is 13.2 Å². The molecular weight excluding hydrogens is 387 g/mol. The topological polar surface area (TPSA) is 69.7 Å². The van der Waals surface area contributed by atoms with Crippen LogP contribution in [-0.4, -0.2) is 35.9 Å². The average Bonchev–Trinajstić information content (AvgIpc) is 3.17. The van der Waals surface area contributed by atoms with Gasteiger partial charge in [0.1, 0.15) is 11.6 Å². The molecular formula is C21H27BN2O4S. The summed E-state index contributed by atoms with van der Waals surface area (Å²) in [4.78, 5) is 17.7. The second-order valence-electron chi connectivity index (χ2n) is 8.03. The molecule has 0 radical (unpaired) electrons. The molecule has 0 aliphatic carbocycles. The van der Waals surface area contributed by atoms with Crippen molar-refractivity contribution in [3.8, 4) is 0 Å². The van der Waals surface area contributed by atoms with E-state index in [1.165, 1.54) is 0 Å². The van der Waals surface area contributed by atoms with Gasteiger partial charge in [-0.25, -0.2) is 9.78 Å². The maximum absolute atomic E-state index is 12.2. The van der Waals surface area contributed by atoms with Crippen LogP contribution in [0.4, 0.5) is 4.79 Å². The van der Waals surface area contributed by atoms with Crippen LogP contribution in [0.25, 0.3) is 6.08 Å². The van der Waals surface area contributed by atoms with E-state index >= 15 is 0 Å². The zero-order valence-corrected chi connectivity index (χ0v) is 18.3. The van der Waals surface area contributed by atoms with Crippen LogP contribution < -0.4 is 5.32 Å². The molecule has 1 amide bonds. The first-order valence-corrected chi connectivity index (χ1v) is 10.4. The Balaban J connectivity index is 1.67. The third kappa shape index (κ3) is 5.47. The number of carbonyl (C=O) groups excluding carboxylic acids is 1. The Morgan fingerprint density at radius 3 is 2.45 bits per heavy atom. The van der Waals surface area contributed by atoms with Gasteiger partial charge in [-0.3, -0.25) is 0 Å². The third-order valence-corrected chi connectivity index (χ3v) is 6.01. The Bertz CT molecular complexity index is 864. The summed E-state index contributed by atoms with van der Waals surface area (Å²) in [7, 11) is -0.571. The van der Waals surface area contributed by atoms with Gasteiger partial charge in [0.2, 0.25) is 0 Å². The molecule has 1 aliphatic heterocycles. The zero-order chi connectivity index (χ0) is 21.1. The molecule has 1 saturated heterocycles. The molecule has 6 nitrogen and oxygen atoms in total. The Morgan fingerprint density at radius 2 is 1.86 bits per heavy atom.